The number of anilines is 2. The van der Waals surface area contributed by atoms with Crippen LogP contribution in [0.3, 0.4) is 0 Å². The quantitative estimate of drug-likeness (QED) is 0.441. The molecule has 1 aromatic heterocycles. The Morgan fingerprint density at radius 3 is 1.76 bits per heavy atom. The van der Waals surface area contributed by atoms with Gasteiger partial charge in [0.05, 0.1) is 11.3 Å². The first-order valence-electron chi connectivity index (χ1n) is 11.1. The first-order valence-corrected chi connectivity index (χ1v) is 12.0. The molecule has 1 aliphatic heterocycles. The minimum atomic E-state index is -0.341. The molecule has 0 spiro atoms. The molecule has 2 heterocycles. The summed E-state index contributed by atoms with van der Waals surface area (Å²) >= 11 is 1.45. The number of carbonyl (C=O) groups excluding carboxylic acids is 2. The van der Waals surface area contributed by atoms with Crippen LogP contribution < -0.4 is 10.2 Å². The van der Waals surface area contributed by atoms with Crippen molar-refractivity contribution in [2.24, 2.45) is 0 Å². The molecule has 3 aromatic rings. The van der Waals surface area contributed by atoms with Gasteiger partial charge in [0.2, 0.25) is 0 Å². The molecule has 4 rings (SSSR count). The highest BCUT2D eigenvalue weighted by molar-refractivity contribution is 7.11. The van der Waals surface area contributed by atoms with Gasteiger partial charge in [-0.05, 0) is 57.7 Å². The molecule has 0 unspecified atom stereocenters. The van der Waals surface area contributed by atoms with Gasteiger partial charge in [0, 0.05) is 10.6 Å². The third kappa shape index (κ3) is 4.51. The van der Waals surface area contributed by atoms with Crippen LogP contribution in [0.5, 0.6) is 0 Å². The van der Waals surface area contributed by atoms with Crippen LogP contribution in [-0.2, 0) is 20.4 Å². The average Bonchev–Trinajstić information content (AvgIpc) is 3.34. The highest BCUT2D eigenvalue weighted by Crippen LogP contribution is 2.36. The normalized spacial score (nSPS) is 14.9. The van der Waals surface area contributed by atoms with Crippen molar-refractivity contribution in [2.75, 3.05) is 10.2 Å². The summed E-state index contributed by atoms with van der Waals surface area (Å²) in [5, 5.41) is 5.16. The van der Waals surface area contributed by atoms with Crippen molar-refractivity contribution in [1.82, 2.24) is 0 Å². The van der Waals surface area contributed by atoms with E-state index >= 15 is 0 Å². The summed E-state index contributed by atoms with van der Waals surface area (Å²) in [4.78, 5) is 29.1. The predicted octanol–water partition coefficient (Wildman–Crippen LogP) is 6.74. The fraction of sp³-hybridized carbons (Fsp3) is 0.286. The van der Waals surface area contributed by atoms with Crippen molar-refractivity contribution in [3.63, 3.8) is 0 Å². The van der Waals surface area contributed by atoms with Gasteiger partial charge >= 0.3 is 0 Å². The second kappa shape index (κ2) is 8.31. The zero-order valence-electron chi connectivity index (χ0n) is 20.0. The van der Waals surface area contributed by atoms with E-state index in [1.165, 1.54) is 21.8 Å². The van der Waals surface area contributed by atoms with Gasteiger partial charge in [0.1, 0.15) is 5.70 Å². The van der Waals surface area contributed by atoms with E-state index in [2.05, 4.69) is 59.0 Å². The molecule has 0 bridgehead atoms. The fourth-order valence-corrected chi connectivity index (χ4v) is 4.61. The van der Waals surface area contributed by atoms with Gasteiger partial charge < -0.3 is 5.32 Å². The number of thiophene rings is 1. The van der Waals surface area contributed by atoms with Gasteiger partial charge in [-0.2, -0.15) is 0 Å². The monoisotopic (exact) mass is 458 g/mol. The predicted molar refractivity (Wildman–Crippen MR) is 138 cm³/mol. The lowest BCUT2D eigenvalue weighted by atomic mass is 9.87. The third-order valence-electron chi connectivity index (χ3n) is 5.86. The molecule has 33 heavy (non-hydrogen) atoms. The summed E-state index contributed by atoms with van der Waals surface area (Å²) in [6.45, 7) is 12.9. The summed E-state index contributed by atoms with van der Waals surface area (Å²) in [7, 11) is 0. The average molecular weight is 459 g/mol. The molecule has 170 valence electrons. The van der Waals surface area contributed by atoms with E-state index in [-0.39, 0.29) is 22.6 Å². The topological polar surface area (TPSA) is 49.4 Å². The number of amides is 2. The largest absolute Gasteiger partial charge is 0.350 e. The molecule has 0 saturated heterocycles. The van der Waals surface area contributed by atoms with Crippen LogP contribution in [-0.4, -0.2) is 11.8 Å². The lowest BCUT2D eigenvalue weighted by molar-refractivity contribution is -0.120. The van der Waals surface area contributed by atoms with Crippen molar-refractivity contribution in [1.29, 1.82) is 0 Å². The van der Waals surface area contributed by atoms with Crippen LogP contribution in [0.25, 0.3) is 5.57 Å². The number of benzene rings is 2. The summed E-state index contributed by atoms with van der Waals surface area (Å²) in [5.74, 6) is -0.647. The maximum Gasteiger partial charge on any atom is 0.282 e. The maximum absolute atomic E-state index is 13.5. The molecule has 0 saturated carbocycles. The number of carbonyl (C=O) groups is 2. The molecule has 1 aliphatic rings. The van der Waals surface area contributed by atoms with Crippen molar-refractivity contribution in [3.8, 4) is 0 Å². The Morgan fingerprint density at radius 1 is 0.727 bits per heavy atom. The van der Waals surface area contributed by atoms with Crippen LogP contribution in [0.1, 0.15) is 57.5 Å². The zero-order chi connectivity index (χ0) is 24.0. The summed E-state index contributed by atoms with van der Waals surface area (Å²) in [6.07, 6.45) is 0. The van der Waals surface area contributed by atoms with Crippen molar-refractivity contribution >= 4 is 40.1 Å². The molecule has 1 N–H and O–H groups in total. The minimum Gasteiger partial charge on any atom is -0.350 e. The molecule has 0 fully saturated rings. The van der Waals surface area contributed by atoms with E-state index in [1.807, 2.05) is 53.9 Å². The third-order valence-corrected chi connectivity index (χ3v) is 6.75. The van der Waals surface area contributed by atoms with Crippen LogP contribution in [0.2, 0.25) is 0 Å². The van der Waals surface area contributed by atoms with Gasteiger partial charge in [0.25, 0.3) is 11.8 Å². The Bertz CT molecular complexity index is 1210. The van der Waals surface area contributed by atoms with E-state index in [9.17, 15) is 9.59 Å². The maximum atomic E-state index is 13.5. The lowest BCUT2D eigenvalue weighted by Crippen LogP contribution is -2.32. The first-order chi connectivity index (χ1) is 15.5. The van der Waals surface area contributed by atoms with E-state index in [0.717, 1.165) is 16.1 Å². The molecule has 5 heteroatoms. The smallest absolute Gasteiger partial charge is 0.282 e. The van der Waals surface area contributed by atoms with Crippen LogP contribution in [0.4, 0.5) is 11.4 Å². The molecule has 4 nitrogen and oxygen atoms in total. The van der Waals surface area contributed by atoms with Gasteiger partial charge in [-0.1, -0.05) is 71.9 Å². The Hall–Kier alpha value is -3.18. The summed E-state index contributed by atoms with van der Waals surface area (Å²) in [5.41, 5.74) is 4.45. The SMILES string of the molecule is CC(C)(C)c1ccc(NC2=C(c3cccs3)C(=O)N(c3ccc(C(C)(C)C)cc3)C2=O)cc1. The van der Waals surface area contributed by atoms with E-state index in [1.54, 1.807) is 0 Å². The van der Waals surface area contributed by atoms with E-state index in [0.29, 0.717) is 17.0 Å². The molecule has 2 amide bonds. The van der Waals surface area contributed by atoms with Gasteiger partial charge in [0.15, 0.2) is 0 Å². The van der Waals surface area contributed by atoms with Crippen molar-refractivity contribution in [3.05, 3.63) is 87.7 Å². The number of hydrogen-bond donors (Lipinski definition) is 1. The van der Waals surface area contributed by atoms with Crippen molar-refractivity contribution in [2.45, 2.75) is 52.4 Å². The fourth-order valence-electron chi connectivity index (χ4n) is 3.84. The second-order valence-corrected chi connectivity index (χ2v) is 11.4. The Kier molecular flexibility index (Phi) is 5.79. The molecular weight excluding hydrogens is 428 g/mol. The number of hydrogen-bond acceptors (Lipinski definition) is 4. The van der Waals surface area contributed by atoms with Crippen LogP contribution >= 0.6 is 11.3 Å². The summed E-state index contributed by atoms with van der Waals surface area (Å²) < 4.78 is 0. The number of rotatable bonds is 4. The van der Waals surface area contributed by atoms with Crippen molar-refractivity contribution < 1.29 is 9.59 Å². The van der Waals surface area contributed by atoms with Gasteiger partial charge in [-0.15, -0.1) is 11.3 Å². The zero-order valence-corrected chi connectivity index (χ0v) is 20.8. The lowest BCUT2D eigenvalue weighted by Gasteiger charge is -2.21. The van der Waals surface area contributed by atoms with E-state index < -0.39 is 0 Å². The molecule has 2 aromatic carbocycles. The minimum absolute atomic E-state index is 0.0101. The van der Waals surface area contributed by atoms with E-state index in [4.69, 9.17) is 0 Å². The van der Waals surface area contributed by atoms with Crippen LogP contribution in [0.15, 0.2) is 71.7 Å². The van der Waals surface area contributed by atoms with Gasteiger partial charge in [-0.3, -0.25) is 9.59 Å². The Balaban J connectivity index is 1.71. The molecule has 0 atom stereocenters. The number of nitrogens with zero attached hydrogens (tertiary/aromatic N) is 1. The number of imide groups is 1. The number of nitrogens with one attached hydrogen (secondary N) is 1. The first kappa shape index (κ1) is 23.0. The van der Waals surface area contributed by atoms with Crippen LogP contribution in [0, 0.1) is 0 Å². The molecule has 0 radical (unpaired) electrons. The van der Waals surface area contributed by atoms with Gasteiger partial charge in [-0.25, -0.2) is 4.90 Å². The standard InChI is InChI=1S/C28H30N2O2S/c1-27(2,3)18-9-13-20(14-10-18)29-24-23(22-8-7-17-33-22)25(31)30(26(24)32)21-15-11-19(12-16-21)28(4,5)6/h7-17,29H,1-6H3. The highest BCUT2D eigenvalue weighted by Gasteiger charge is 2.40. The molecular formula is C28H30N2O2S. The molecule has 0 aliphatic carbocycles. The Morgan fingerprint density at radius 2 is 1.27 bits per heavy atom. The summed E-state index contributed by atoms with van der Waals surface area (Å²) in [6, 6.07) is 19.5. The highest BCUT2D eigenvalue weighted by atomic mass is 32.1. The Labute approximate surface area is 200 Å². The second-order valence-electron chi connectivity index (χ2n) is 10.4.